The van der Waals surface area contributed by atoms with Crippen molar-refractivity contribution >= 4 is 15.7 Å². The number of methoxy groups -OCH3 is 1. The standard InChI is InChI=1S/C13H20N2O3S/c1-3-13(6-7-13)9-15-19(16,17)12-8-10(14)4-5-11(12)18-2/h4-5,8,15H,3,6-7,9,14H2,1-2H3. The van der Waals surface area contributed by atoms with E-state index >= 15 is 0 Å². The second-order valence-corrected chi connectivity index (χ2v) is 6.82. The zero-order valence-electron chi connectivity index (χ0n) is 11.3. The second kappa shape index (κ2) is 5.02. The summed E-state index contributed by atoms with van der Waals surface area (Å²) in [5, 5.41) is 0. The number of benzene rings is 1. The van der Waals surface area contributed by atoms with Crippen molar-refractivity contribution in [3.05, 3.63) is 18.2 Å². The Hall–Kier alpha value is -1.27. The third kappa shape index (κ3) is 3.01. The van der Waals surface area contributed by atoms with E-state index in [0.29, 0.717) is 18.0 Å². The Morgan fingerprint density at radius 2 is 2.11 bits per heavy atom. The highest BCUT2D eigenvalue weighted by atomic mass is 32.2. The lowest BCUT2D eigenvalue weighted by Gasteiger charge is -2.15. The molecule has 1 aliphatic rings. The summed E-state index contributed by atoms with van der Waals surface area (Å²) in [6.45, 7) is 2.56. The van der Waals surface area contributed by atoms with Crippen LogP contribution >= 0.6 is 0 Å². The van der Waals surface area contributed by atoms with Crippen molar-refractivity contribution in [2.75, 3.05) is 19.4 Å². The fraction of sp³-hybridized carbons (Fsp3) is 0.538. The molecule has 0 atom stereocenters. The molecule has 6 heteroatoms. The average molecular weight is 284 g/mol. The molecule has 1 saturated carbocycles. The van der Waals surface area contributed by atoms with Crippen LogP contribution in [0.4, 0.5) is 5.69 Å². The van der Waals surface area contributed by atoms with E-state index in [1.807, 2.05) is 0 Å². The largest absolute Gasteiger partial charge is 0.495 e. The van der Waals surface area contributed by atoms with Crippen LogP contribution in [-0.2, 0) is 10.0 Å². The predicted molar refractivity (Wildman–Crippen MR) is 74.6 cm³/mol. The summed E-state index contributed by atoms with van der Waals surface area (Å²) in [7, 11) is -2.14. The van der Waals surface area contributed by atoms with Crippen molar-refractivity contribution in [1.29, 1.82) is 0 Å². The summed E-state index contributed by atoms with van der Waals surface area (Å²) in [6.07, 6.45) is 3.16. The zero-order valence-corrected chi connectivity index (χ0v) is 12.1. The molecule has 0 spiro atoms. The Bertz CT molecular complexity index is 565. The van der Waals surface area contributed by atoms with E-state index < -0.39 is 10.0 Å². The first-order chi connectivity index (χ1) is 8.92. The van der Waals surface area contributed by atoms with Gasteiger partial charge in [0.15, 0.2) is 0 Å². The van der Waals surface area contributed by atoms with Crippen LogP contribution in [0.2, 0.25) is 0 Å². The van der Waals surface area contributed by atoms with E-state index in [9.17, 15) is 8.42 Å². The first kappa shape index (κ1) is 14.1. The quantitative estimate of drug-likeness (QED) is 0.780. The molecule has 5 nitrogen and oxygen atoms in total. The van der Waals surface area contributed by atoms with Crippen LogP contribution in [0.15, 0.2) is 23.1 Å². The molecule has 0 unspecified atom stereocenters. The Morgan fingerprint density at radius 3 is 2.63 bits per heavy atom. The number of nitrogens with one attached hydrogen (secondary N) is 1. The van der Waals surface area contributed by atoms with Crippen molar-refractivity contribution in [3.8, 4) is 5.75 Å². The Labute approximate surface area is 114 Å². The van der Waals surface area contributed by atoms with Gasteiger partial charge in [-0.3, -0.25) is 0 Å². The van der Waals surface area contributed by atoms with Crippen molar-refractivity contribution in [1.82, 2.24) is 4.72 Å². The summed E-state index contributed by atoms with van der Waals surface area (Å²) in [5.41, 5.74) is 6.21. The van der Waals surface area contributed by atoms with Crippen LogP contribution in [0, 0.1) is 5.41 Å². The van der Waals surface area contributed by atoms with Gasteiger partial charge in [0.25, 0.3) is 0 Å². The minimum absolute atomic E-state index is 0.0990. The molecule has 1 aliphatic carbocycles. The van der Waals surface area contributed by atoms with Crippen molar-refractivity contribution in [3.63, 3.8) is 0 Å². The molecule has 1 fully saturated rings. The maximum atomic E-state index is 12.3. The van der Waals surface area contributed by atoms with Gasteiger partial charge in [-0.15, -0.1) is 0 Å². The lowest BCUT2D eigenvalue weighted by atomic mass is 10.1. The third-order valence-electron chi connectivity index (χ3n) is 3.82. The molecule has 0 saturated heterocycles. The van der Waals surface area contributed by atoms with E-state index in [4.69, 9.17) is 10.5 Å². The summed E-state index contributed by atoms with van der Waals surface area (Å²) in [6, 6.07) is 4.61. The van der Waals surface area contributed by atoms with Crippen LogP contribution in [0.5, 0.6) is 5.75 Å². The fourth-order valence-electron chi connectivity index (χ4n) is 2.06. The highest BCUT2D eigenvalue weighted by Crippen LogP contribution is 2.48. The van der Waals surface area contributed by atoms with Crippen LogP contribution in [0.1, 0.15) is 26.2 Å². The van der Waals surface area contributed by atoms with Gasteiger partial charge in [-0.25, -0.2) is 13.1 Å². The monoisotopic (exact) mass is 284 g/mol. The van der Waals surface area contributed by atoms with Gasteiger partial charge in [0, 0.05) is 12.2 Å². The molecule has 0 radical (unpaired) electrons. The van der Waals surface area contributed by atoms with Crippen LogP contribution in [0.3, 0.4) is 0 Å². The van der Waals surface area contributed by atoms with Gasteiger partial charge in [0.2, 0.25) is 10.0 Å². The van der Waals surface area contributed by atoms with E-state index in [1.165, 1.54) is 13.2 Å². The van der Waals surface area contributed by atoms with Gasteiger partial charge in [-0.2, -0.15) is 0 Å². The maximum Gasteiger partial charge on any atom is 0.244 e. The second-order valence-electron chi connectivity index (χ2n) is 5.09. The molecule has 19 heavy (non-hydrogen) atoms. The fourth-order valence-corrected chi connectivity index (χ4v) is 3.42. The van der Waals surface area contributed by atoms with E-state index in [-0.39, 0.29) is 10.3 Å². The van der Waals surface area contributed by atoms with Crippen LogP contribution in [0.25, 0.3) is 0 Å². The molecule has 2 rings (SSSR count). The minimum atomic E-state index is -3.58. The number of ether oxygens (including phenoxy) is 1. The average Bonchev–Trinajstić information content (AvgIpc) is 3.17. The van der Waals surface area contributed by atoms with Crippen molar-refractivity contribution < 1.29 is 13.2 Å². The molecular weight excluding hydrogens is 264 g/mol. The lowest BCUT2D eigenvalue weighted by Crippen LogP contribution is -2.30. The highest BCUT2D eigenvalue weighted by molar-refractivity contribution is 7.89. The smallest absolute Gasteiger partial charge is 0.244 e. The molecule has 0 aromatic heterocycles. The first-order valence-electron chi connectivity index (χ1n) is 6.36. The maximum absolute atomic E-state index is 12.3. The first-order valence-corrected chi connectivity index (χ1v) is 7.84. The highest BCUT2D eigenvalue weighted by Gasteiger charge is 2.41. The summed E-state index contributed by atoms with van der Waals surface area (Å²) >= 11 is 0. The molecule has 0 heterocycles. The van der Waals surface area contributed by atoms with E-state index in [1.54, 1.807) is 12.1 Å². The normalized spacial score (nSPS) is 17.2. The Balaban J connectivity index is 2.21. The van der Waals surface area contributed by atoms with Crippen molar-refractivity contribution in [2.24, 2.45) is 5.41 Å². The predicted octanol–water partition coefficient (Wildman–Crippen LogP) is 1.75. The van der Waals surface area contributed by atoms with Crippen molar-refractivity contribution in [2.45, 2.75) is 31.1 Å². The number of nitrogen functional groups attached to an aromatic ring is 1. The topological polar surface area (TPSA) is 81.4 Å². The number of anilines is 1. The molecule has 1 aromatic rings. The molecular formula is C13H20N2O3S. The lowest BCUT2D eigenvalue weighted by molar-refractivity contribution is 0.401. The number of sulfonamides is 1. The molecule has 0 amide bonds. The number of rotatable bonds is 6. The van der Waals surface area contributed by atoms with E-state index in [2.05, 4.69) is 11.6 Å². The summed E-state index contributed by atoms with van der Waals surface area (Å²) in [5.74, 6) is 0.308. The van der Waals surface area contributed by atoms with Gasteiger partial charge >= 0.3 is 0 Å². The van der Waals surface area contributed by atoms with Crippen LogP contribution in [-0.4, -0.2) is 22.1 Å². The van der Waals surface area contributed by atoms with E-state index in [0.717, 1.165) is 19.3 Å². The number of nitrogens with two attached hydrogens (primary N) is 1. The van der Waals surface area contributed by atoms with Gasteiger partial charge < -0.3 is 10.5 Å². The summed E-state index contributed by atoms with van der Waals surface area (Å²) < 4.78 is 32.4. The number of hydrogen-bond acceptors (Lipinski definition) is 4. The summed E-state index contributed by atoms with van der Waals surface area (Å²) in [4.78, 5) is 0.0990. The molecule has 106 valence electrons. The molecule has 1 aromatic carbocycles. The zero-order chi connectivity index (χ0) is 14.1. The third-order valence-corrected chi connectivity index (χ3v) is 5.24. The van der Waals surface area contributed by atoms with Gasteiger partial charge in [-0.1, -0.05) is 6.92 Å². The molecule has 0 bridgehead atoms. The Kier molecular flexibility index (Phi) is 3.73. The molecule has 3 N–H and O–H groups in total. The van der Waals surface area contributed by atoms with Crippen LogP contribution < -0.4 is 15.2 Å². The Morgan fingerprint density at radius 1 is 1.42 bits per heavy atom. The van der Waals surface area contributed by atoms with Gasteiger partial charge in [-0.05, 0) is 42.9 Å². The minimum Gasteiger partial charge on any atom is -0.495 e. The van der Waals surface area contributed by atoms with Gasteiger partial charge in [0.1, 0.15) is 10.6 Å². The number of hydrogen-bond donors (Lipinski definition) is 2. The SMILES string of the molecule is CCC1(CNS(=O)(=O)c2cc(N)ccc2OC)CC1. The van der Waals surface area contributed by atoms with Gasteiger partial charge in [0.05, 0.1) is 7.11 Å². The molecule has 0 aliphatic heterocycles.